The van der Waals surface area contributed by atoms with E-state index >= 15 is 0 Å². The van der Waals surface area contributed by atoms with Crippen molar-refractivity contribution in [1.82, 2.24) is 9.97 Å². The van der Waals surface area contributed by atoms with Gasteiger partial charge in [-0.3, -0.25) is 9.97 Å². The van der Waals surface area contributed by atoms with Gasteiger partial charge in [-0.15, -0.1) is 0 Å². The average molecular weight is 457 g/mol. The summed E-state index contributed by atoms with van der Waals surface area (Å²) in [6.45, 7) is 1.88. The number of aromatic nitrogens is 2. The SMILES string of the molecule is Nc1cnc2ccccc2c1NCCCCCCCCCCNc1c(N)cnc2ccccc12. The summed E-state index contributed by atoms with van der Waals surface area (Å²) in [4.78, 5) is 8.80. The minimum absolute atomic E-state index is 0.716. The van der Waals surface area contributed by atoms with Crippen molar-refractivity contribution in [2.24, 2.45) is 0 Å². The quantitative estimate of drug-likeness (QED) is 0.169. The molecule has 34 heavy (non-hydrogen) atoms. The van der Waals surface area contributed by atoms with E-state index < -0.39 is 0 Å². The highest BCUT2D eigenvalue weighted by molar-refractivity contribution is 5.97. The third-order valence-corrected chi connectivity index (χ3v) is 6.32. The highest BCUT2D eigenvalue weighted by Crippen LogP contribution is 2.28. The Morgan fingerprint density at radius 1 is 0.529 bits per heavy atom. The molecule has 0 bridgehead atoms. The van der Waals surface area contributed by atoms with Crippen LogP contribution in [0.4, 0.5) is 22.7 Å². The Balaban J connectivity index is 1.06. The fourth-order valence-corrected chi connectivity index (χ4v) is 4.45. The third kappa shape index (κ3) is 6.07. The number of hydrogen-bond acceptors (Lipinski definition) is 6. The number of nitrogen functional groups attached to an aromatic ring is 2. The van der Waals surface area contributed by atoms with Gasteiger partial charge in [-0.05, 0) is 25.0 Å². The molecule has 0 saturated carbocycles. The fourth-order valence-electron chi connectivity index (χ4n) is 4.45. The number of nitrogens with two attached hydrogens (primary N) is 2. The molecule has 0 radical (unpaired) electrons. The summed E-state index contributed by atoms with van der Waals surface area (Å²) >= 11 is 0. The maximum absolute atomic E-state index is 6.14. The van der Waals surface area contributed by atoms with Gasteiger partial charge in [0.2, 0.25) is 0 Å². The van der Waals surface area contributed by atoms with E-state index in [0.29, 0.717) is 11.4 Å². The van der Waals surface area contributed by atoms with Gasteiger partial charge in [-0.1, -0.05) is 74.9 Å². The number of nitrogens with one attached hydrogen (secondary N) is 2. The molecule has 0 aliphatic carbocycles. The fraction of sp³-hybridized carbons (Fsp3) is 0.357. The van der Waals surface area contributed by atoms with Crippen LogP contribution in [0.1, 0.15) is 51.4 Å². The Kier molecular flexibility index (Phi) is 8.38. The van der Waals surface area contributed by atoms with Gasteiger partial charge in [0.25, 0.3) is 0 Å². The van der Waals surface area contributed by atoms with Gasteiger partial charge >= 0.3 is 0 Å². The van der Waals surface area contributed by atoms with Crippen LogP contribution in [0.15, 0.2) is 60.9 Å². The van der Waals surface area contributed by atoms with E-state index in [1.807, 2.05) is 36.4 Å². The van der Waals surface area contributed by atoms with E-state index in [2.05, 4.69) is 32.7 Å². The first kappa shape index (κ1) is 23.6. The Morgan fingerprint density at radius 2 is 0.912 bits per heavy atom. The lowest BCUT2D eigenvalue weighted by molar-refractivity contribution is 0.577. The Labute approximate surface area is 202 Å². The predicted octanol–water partition coefficient (Wildman–Crippen LogP) is 6.59. The summed E-state index contributed by atoms with van der Waals surface area (Å²) in [6.07, 6.45) is 13.5. The van der Waals surface area contributed by atoms with E-state index in [9.17, 15) is 0 Å². The van der Waals surface area contributed by atoms with Crippen molar-refractivity contribution in [2.75, 3.05) is 35.2 Å². The molecule has 6 nitrogen and oxygen atoms in total. The number of nitrogens with zero attached hydrogens (tertiary/aromatic N) is 2. The smallest absolute Gasteiger partial charge is 0.0743 e. The average Bonchev–Trinajstić information content (AvgIpc) is 2.87. The highest BCUT2D eigenvalue weighted by atomic mass is 14.9. The minimum atomic E-state index is 0.716. The summed E-state index contributed by atoms with van der Waals surface area (Å²) in [5, 5.41) is 9.24. The molecule has 6 heteroatoms. The van der Waals surface area contributed by atoms with Gasteiger partial charge in [0.1, 0.15) is 0 Å². The van der Waals surface area contributed by atoms with Crippen LogP contribution in [0.5, 0.6) is 0 Å². The maximum Gasteiger partial charge on any atom is 0.0743 e. The second kappa shape index (κ2) is 12.1. The molecule has 0 saturated heterocycles. The number of hydrogen-bond donors (Lipinski definition) is 4. The van der Waals surface area contributed by atoms with Crippen LogP contribution in [-0.4, -0.2) is 23.1 Å². The van der Waals surface area contributed by atoms with E-state index in [1.165, 1.54) is 38.5 Å². The first-order valence-corrected chi connectivity index (χ1v) is 12.5. The number of anilines is 4. The van der Waals surface area contributed by atoms with E-state index in [4.69, 9.17) is 11.5 Å². The van der Waals surface area contributed by atoms with Crippen LogP contribution in [0.3, 0.4) is 0 Å². The highest BCUT2D eigenvalue weighted by Gasteiger charge is 2.06. The number of fused-ring (bicyclic) bond motifs is 2. The molecular formula is C28H36N6. The van der Waals surface area contributed by atoms with Crippen LogP contribution in [0, 0.1) is 0 Å². The normalized spacial score (nSPS) is 11.2. The van der Waals surface area contributed by atoms with Crippen molar-refractivity contribution in [3.8, 4) is 0 Å². The van der Waals surface area contributed by atoms with Crippen molar-refractivity contribution >= 4 is 44.6 Å². The molecule has 0 fully saturated rings. The van der Waals surface area contributed by atoms with Crippen LogP contribution in [0.25, 0.3) is 21.8 Å². The molecule has 4 rings (SSSR count). The van der Waals surface area contributed by atoms with Crippen LogP contribution in [-0.2, 0) is 0 Å². The molecule has 0 amide bonds. The summed E-state index contributed by atoms with van der Waals surface area (Å²) in [7, 11) is 0. The van der Waals surface area contributed by atoms with Gasteiger partial charge in [0, 0.05) is 23.9 Å². The van der Waals surface area contributed by atoms with Crippen LogP contribution < -0.4 is 22.1 Å². The zero-order valence-electron chi connectivity index (χ0n) is 19.9. The molecule has 4 aromatic rings. The lowest BCUT2D eigenvalue weighted by atomic mass is 10.1. The second-order valence-corrected chi connectivity index (χ2v) is 8.89. The number of unbranched alkanes of at least 4 members (excludes halogenated alkanes) is 7. The summed E-state index contributed by atoms with van der Waals surface area (Å²) in [5.41, 5.74) is 17.7. The van der Waals surface area contributed by atoms with Gasteiger partial charge < -0.3 is 22.1 Å². The Bertz CT molecular complexity index is 1110. The van der Waals surface area contributed by atoms with Crippen LogP contribution in [0.2, 0.25) is 0 Å². The lowest BCUT2D eigenvalue weighted by Crippen LogP contribution is -2.05. The van der Waals surface area contributed by atoms with Gasteiger partial charge in [0.05, 0.1) is 46.2 Å². The van der Waals surface area contributed by atoms with Gasteiger partial charge in [0.15, 0.2) is 0 Å². The number of rotatable bonds is 13. The molecule has 178 valence electrons. The Hall–Kier alpha value is -3.54. The van der Waals surface area contributed by atoms with Gasteiger partial charge in [-0.25, -0.2) is 0 Å². The first-order chi connectivity index (χ1) is 16.7. The Morgan fingerprint density at radius 3 is 1.35 bits per heavy atom. The summed E-state index contributed by atoms with van der Waals surface area (Å²) in [6, 6.07) is 16.3. The minimum Gasteiger partial charge on any atom is -0.396 e. The molecule has 2 aromatic carbocycles. The van der Waals surface area contributed by atoms with Crippen molar-refractivity contribution in [3.05, 3.63) is 60.9 Å². The van der Waals surface area contributed by atoms with E-state index in [1.54, 1.807) is 12.4 Å². The van der Waals surface area contributed by atoms with Crippen molar-refractivity contribution in [2.45, 2.75) is 51.4 Å². The predicted molar refractivity (Wildman–Crippen MR) is 146 cm³/mol. The van der Waals surface area contributed by atoms with Crippen molar-refractivity contribution in [1.29, 1.82) is 0 Å². The van der Waals surface area contributed by atoms with Crippen molar-refractivity contribution < 1.29 is 0 Å². The second-order valence-electron chi connectivity index (χ2n) is 8.89. The zero-order valence-corrected chi connectivity index (χ0v) is 19.9. The zero-order chi connectivity index (χ0) is 23.6. The summed E-state index contributed by atoms with van der Waals surface area (Å²) < 4.78 is 0. The number of pyridine rings is 2. The van der Waals surface area contributed by atoms with E-state index in [-0.39, 0.29) is 0 Å². The first-order valence-electron chi connectivity index (χ1n) is 12.5. The topological polar surface area (TPSA) is 102 Å². The molecule has 0 aliphatic rings. The number of benzene rings is 2. The van der Waals surface area contributed by atoms with Gasteiger partial charge in [-0.2, -0.15) is 0 Å². The molecular weight excluding hydrogens is 420 g/mol. The molecule has 0 atom stereocenters. The summed E-state index contributed by atoms with van der Waals surface area (Å²) in [5.74, 6) is 0. The third-order valence-electron chi connectivity index (χ3n) is 6.32. The molecule has 0 spiro atoms. The monoisotopic (exact) mass is 456 g/mol. The molecule has 0 unspecified atom stereocenters. The standard InChI is InChI=1S/C28H36N6/c29-23-19-33-25-15-9-7-13-21(25)27(23)31-17-11-5-3-1-2-4-6-12-18-32-28-22-14-8-10-16-26(22)34-20-24(28)30/h7-10,13-16,19-20H,1-6,11-12,17-18,29-30H2,(H,31,33)(H,32,34). The lowest BCUT2D eigenvalue weighted by Gasteiger charge is -2.12. The maximum atomic E-state index is 6.14. The largest absolute Gasteiger partial charge is 0.396 e. The number of para-hydroxylation sites is 2. The molecule has 0 aliphatic heterocycles. The van der Waals surface area contributed by atoms with E-state index in [0.717, 1.165) is 59.1 Å². The molecule has 2 heterocycles. The molecule has 6 N–H and O–H groups in total. The molecule has 2 aromatic heterocycles. The van der Waals surface area contributed by atoms with Crippen molar-refractivity contribution in [3.63, 3.8) is 0 Å². The van der Waals surface area contributed by atoms with Crippen LogP contribution >= 0.6 is 0 Å².